The fourth-order valence-electron chi connectivity index (χ4n) is 0.526. The van der Waals surface area contributed by atoms with Crippen molar-refractivity contribution >= 4 is 22.2 Å². The normalized spacial score (nSPS) is 14.6. The van der Waals surface area contributed by atoms with Crippen molar-refractivity contribution in [2.24, 2.45) is 5.92 Å². The lowest BCUT2D eigenvalue weighted by molar-refractivity contribution is -0.108. The third kappa shape index (κ3) is 5.76. The highest BCUT2D eigenvalue weighted by molar-refractivity contribution is 9.11. The molecule has 0 aromatic carbocycles. The van der Waals surface area contributed by atoms with E-state index in [0.717, 1.165) is 6.29 Å². The molecule has 0 aromatic heterocycles. The molecule has 0 fully saturated rings. The lowest BCUT2D eigenvalue weighted by atomic mass is 10.1. The van der Waals surface area contributed by atoms with Gasteiger partial charge in [0.2, 0.25) is 0 Å². The summed E-state index contributed by atoms with van der Waals surface area (Å²) < 4.78 is 0. The van der Waals surface area contributed by atoms with E-state index in [-0.39, 0.29) is 0 Å². The predicted octanol–water partition coefficient (Wildman–Crippen LogP) is 2.68. The molecule has 0 saturated carbocycles. The van der Waals surface area contributed by atoms with Crippen molar-refractivity contribution in [1.82, 2.24) is 0 Å². The Morgan fingerprint density at radius 1 is 1.50 bits per heavy atom. The lowest BCUT2D eigenvalue weighted by Crippen LogP contribution is -1.88. The minimum atomic E-state index is 0.348. The Kier molecular flexibility index (Phi) is 6.50. The molecular weight excluding hydrogens is 192 g/mol. The van der Waals surface area contributed by atoms with Gasteiger partial charge < -0.3 is 4.79 Å². The zero-order valence-electron chi connectivity index (χ0n) is 5.96. The maximum Gasteiger partial charge on any atom is 0.120 e. The minimum absolute atomic E-state index is 0.348. The molecule has 2 heteroatoms. The van der Waals surface area contributed by atoms with E-state index >= 15 is 0 Å². The maximum absolute atomic E-state index is 9.99. The van der Waals surface area contributed by atoms with Crippen molar-refractivity contribution in [2.75, 3.05) is 0 Å². The maximum atomic E-state index is 9.99. The van der Waals surface area contributed by atoms with Crippen LogP contribution in [0.5, 0.6) is 0 Å². The number of hydrogen-bond donors (Lipinski definition) is 0. The van der Waals surface area contributed by atoms with E-state index in [2.05, 4.69) is 15.9 Å². The zero-order valence-corrected chi connectivity index (χ0v) is 7.54. The van der Waals surface area contributed by atoms with E-state index in [1.807, 2.05) is 25.2 Å². The van der Waals surface area contributed by atoms with Crippen molar-refractivity contribution in [3.63, 3.8) is 0 Å². The Morgan fingerprint density at radius 3 is 2.70 bits per heavy atom. The first-order valence-corrected chi connectivity index (χ1v) is 4.10. The topological polar surface area (TPSA) is 17.1 Å². The number of aldehydes is 1. The Balaban J connectivity index is 3.54. The van der Waals surface area contributed by atoms with E-state index in [9.17, 15) is 4.79 Å². The van der Waals surface area contributed by atoms with Gasteiger partial charge in [0.25, 0.3) is 0 Å². The quantitative estimate of drug-likeness (QED) is 0.507. The van der Waals surface area contributed by atoms with E-state index in [1.54, 1.807) is 4.99 Å². The van der Waals surface area contributed by atoms with E-state index in [1.165, 1.54) is 0 Å². The molecule has 0 bridgehead atoms. The summed E-state index contributed by atoms with van der Waals surface area (Å²) in [4.78, 5) is 11.8. The summed E-state index contributed by atoms with van der Waals surface area (Å²) in [6.45, 7) is 2.01. The van der Waals surface area contributed by atoms with Crippen LogP contribution >= 0.6 is 15.9 Å². The van der Waals surface area contributed by atoms with Gasteiger partial charge in [-0.3, -0.25) is 0 Å². The zero-order chi connectivity index (χ0) is 7.82. The monoisotopic (exact) mass is 202 g/mol. The van der Waals surface area contributed by atoms with Gasteiger partial charge in [-0.25, -0.2) is 0 Å². The van der Waals surface area contributed by atoms with Gasteiger partial charge in [0.15, 0.2) is 0 Å². The largest absolute Gasteiger partial charge is 0.303 e. The van der Waals surface area contributed by atoms with Crippen LogP contribution in [0.25, 0.3) is 0 Å². The number of rotatable bonds is 4. The molecule has 0 aliphatic rings. The van der Waals surface area contributed by atoms with E-state index in [4.69, 9.17) is 0 Å². The summed E-state index contributed by atoms with van der Waals surface area (Å²) in [5.41, 5.74) is 0. The third-order valence-corrected chi connectivity index (χ3v) is 1.40. The van der Waals surface area contributed by atoms with Crippen molar-refractivity contribution in [3.8, 4) is 0 Å². The van der Waals surface area contributed by atoms with Gasteiger partial charge >= 0.3 is 0 Å². The van der Waals surface area contributed by atoms with Gasteiger partial charge in [-0.1, -0.05) is 41.1 Å². The highest BCUT2D eigenvalue weighted by atomic mass is 79.9. The van der Waals surface area contributed by atoms with Crippen LogP contribution in [0.4, 0.5) is 0 Å². The highest BCUT2D eigenvalue weighted by Crippen LogP contribution is 2.00. The molecule has 0 heterocycles. The molecule has 1 nitrogen and oxygen atoms in total. The first-order valence-electron chi connectivity index (χ1n) is 3.18. The summed E-state index contributed by atoms with van der Waals surface area (Å²) in [6, 6.07) is 0. The number of carbonyl (C=O) groups excluding carboxylic acids is 1. The van der Waals surface area contributed by atoms with Gasteiger partial charge in [0, 0.05) is 6.42 Å². The Labute approximate surface area is 69.9 Å². The van der Waals surface area contributed by atoms with E-state index < -0.39 is 0 Å². The minimum Gasteiger partial charge on any atom is -0.303 e. The first-order chi connectivity index (χ1) is 4.81. The van der Waals surface area contributed by atoms with Gasteiger partial charge in [-0.2, -0.15) is 0 Å². The van der Waals surface area contributed by atoms with Crippen LogP contribution in [-0.4, -0.2) is 6.29 Å². The molecule has 10 heavy (non-hydrogen) atoms. The van der Waals surface area contributed by atoms with Crippen molar-refractivity contribution in [2.45, 2.75) is 13.3 Å². The average molecular weight is 203 g/mol. The first kappa shape index (κ1) is 9.63. The van der Waals surface area contributed by atoms with Gasteiger partial charge in [-0.15, -0.1) is 0 Å². The molecule has 0 radical (unpaired) electrons. The van der Waals surface area contributed by atoms with Crippen molar-refractivity contribution < 1.29 is 4.79 Å². The molecule has 1 atom stereocenters. The summed E-state index contributed by atoms with van der Waals surface area (Å²) in [7, 11) is 0. The number of allylic oxidation sites excluding steroid dienone is 3. The summed E-state index contributed by atoms with van der Waals surface area (Å²) in [6.07, 6.45) is 7.33. The Hall–Kier alpha value is -0.370. The molecule has 56 valence electrons. The van der Waals surface area contributed by atoms with Crippen LogP contribution in [0.1, 0.15) is 13.3 Å². The van der Waals surface area contributed by atoms with Crippen LogP contribution in [0.15, 0.2) is 23.2 Å². The second-order valence-corrected chi connectivity index (χ2v) is 2.61. The van der Waals surface area contributed by atoms with Gasteiger partial charge in [-0.05, 0) is 10.9 Å². The molecule has 0 aliphatic carbocycles. The molecule has 0 aromatic rings. The smallest absolute Gasteiger partial charge is 0.120 e. The molecule has 0 rings (SSSR count). The standard InChI is InChI=1S/C8H11BrO/c1-8(5-7-10)4-2-3-6-9/h2-4,6-8H,5H2,1H3/b4-2-,6-3+. The van der Waals surface area contributed by atoms with Crippen LogP contribution in [-0.2, 0) is 4.79 Å². The van der Waals surface area contributed by atoms with E-state index in [0.29, 0.717) is 12.3 Å². The Morgan fingerprint density at radius 2 is 2.20 bits per heavy atom. The van der Waals surface area contributed by atoms with Crippen LogP contribution in [0, 0.1) is 5.92 Å². The number of carbonyl (C=O) groups is 1. The van der Waals surface area contributed by atoms with Crippen LogP contribution in [0.2, 0.25) is 0 Å². The molecule has 0 saturated heterocycles. The highest BCUT2D eigenvalue weighted by Gasteiger charge is 1.91. The van der Waals surface area contributed by atoms with Crippen molar-refractivity contribution in [1.29, 1.82) is 0 Å². The molecule has 0 amide bonds. The SMILES string of the molecule is CC(/C=C\C=C\Br)CC=O. The van der Waals surface area contributed by atoms with Crippen molar-refractivity contribution in [3.05, 3.63) is 23.2 Å². The molecule has 1 unspecified atom stereocenters. The molecule has 0 aliphatic heterocycles. The Bertz CT molecular complexity index is 138. The fourth-order valence-corrected chi connectivity index (χ4v) is 0.702. The van der Waals surface area contributed by atoms with Crippen LogP contribution < -0.4 is 0 Å². The molecular formula is C8H11BrO. The summed E-state index contributed by atoms with van der Waals surface area (Å²) in [5.74, 6) is 0.348. The lowest BCUT2D eigenvalue weighted by Gasteiger charge is -1.95. The summed E-state index contributed by atoms with van der Waals surface area (Å²) >= 11 is 3.14. The fraction of sp³-hybridized carbons (Fsp3) is 0.375. The van der Waals surface area contributed by atoms with Gasteiger partial charge in [0.05, 0.1) is 0 Å². The summed E-state index contributed by atoms with van der Waals surface area (Å²) in [5, 5.41) is 0. The third-order valence-electron chi connectivity index (χ3n) is 1.09. The van der Waals surface area contributed by atoms with Gasteiger partial charge in [0.1, 0.15) is 6.29 Å². The second-order valence-electron chi connectivity index (χ2n) is 2.08. The predicted molar refractivity (Wildman–Crippen MR) is 47.1 cm³/mol. The number of hydrogen-bond acceptors (Lipinski definition) is 1. The van der Waals surface area contributed by atoms with Crippen LogP contribution in [0.3, 0.4) is 0 Å². The average Bonchev–Trinajstić information content (AvgIpc) is 1.89. The molecule has 0 spiro atoms. The molecule has 0 N–H and O–H groups in total. The second kappa shape index (κ2) is 6.75. The number of halogens is 1.